The Labute approximate surface area is 76.9 Å². The monoisotopic (exact) mass is 180 g/mol. The summed E-state index contributed by atoms with van der Waals surface area (Å²) in [7, 11) is 0. The number of nitrogens with one attached hydrogen (secondary N) is 1. The van der Waals surface area contributed by atoms with Crippen molar-refractivity contribution in [3.63, 3.8) is 0 Å². The van der Waals surface area contributed by atoms with E-state index in [0.29, 0.717) is 0 Å². The van der Waals surface area contributed by atoms with Crippen LogP contribution in [-0.4, -0.2) is 12.6 Å². The van der Waals surface area contributed by atoms with Crippen LogP contribution in [0.4, 0.5) is 10.1 Å². The summed E-state index contributed by atoms with van der Waals surface area (Å²) in [4.78, 5) is 0. The van der Waals surface area contributed by atoms with E-state index in [1.54, 1.807) is 0 Å². The van der Waals surface area contributed by atoms with Crippen molar-refractivity contribution < 1.29 is 4.39 Å². The molecule has 1 unspecified atom stereocenters. The van der Waals surface area contributed by atoms with Crippen molar-refractivity contribution in [3.05, 3.63) is 29.6 Å². The Balaban J connectivity index is 2.34. The van der Waals surface area contributed by atoms with Gasteiger partial charge in [0.15, 0.2) is 0 Å². The van der Waals surface area contributed by atoms with Crippen molar-refractivity contribution in [1.29, 1.82) is 0 Å². The van der Waals surface area contributed by atoms with E-state index in [2.05, 4.69) is 5.32 Å². The maximum absolute atomic E-state index is 12.9. The first kappa shape index (κ1) is 8.51. The van der Waals surface area contributed by atoms with Crippen LogP contribution in [-0.2, 0) is 6.42 Å². The van der Waals surface area contributed by atoms with Crippen LogP contribution >= 0.6 is 0 Å². The van der Waals surface area contributed by atoms with Crippen LogP contribution in [0.5, 0.6) is 0 Å². The summed E-state index contributed by atoms with van der Waals surface area (Å²) in [6.07, 6.45) is 1.78. The van der Waals surface area contributed by atoms with E-state index in [0.717, 1.165) is 30.6 Å². The highest BCUT2D eigenvalue weighted by atomic mass is 19.1. The first-order valence-electron chi connectivity index (χ1n) is 4.53. The lowest BCUT2D eigenvalue weighted by Crippen LogP contribution is -2.22. The van der Waals surface area contributed by atoms with E-state index in [1.807, 2.05) is 6.07 Å². The third kappa shape index (κ3) is 1.80. The smallest absolute Gasteiger partial charge is 0.125 e. The van der Waals surface area contributed by atoms with Gasteiger partial charge in [-0.05, 0) is 30.5 Å². The zero-order valence-corrected chi connectivity index (χ0v) is 7.39. The molecule has 1 aromatic carbocycles. The second-order valence-electron chi connectivity index (χ2n) is 3.48. The second kappa shape index (κ2) is 3.34. The molecule has 0 bridgehead atoms. The number of hydrogen-bond donors (Lipinski definition) is 2. The molecule has 3 heteroatoms. The Bertz CT molecular complexity index is 312. The van der Waals surface area contributed by atoms with Crippen LogP contribution in [0.15, 0.2) is 18.2 Å². The van der Waals surface area contributed by atoms with Crippen LogP contribution in [0.25, 0.3) is 0 Å². The summed E-state index contributed by atoms with van der Waals surface area (Å²) in [5, 5.41) is 3.18. The van der Waals surface area contributed by atoms with Gasteiger partial charge in [-0.1, -0.05) is 6.07 Å². The Kier molecular flexibility index (Phi) is 2.19. The minimum atomic E-state index is -0.193. The van der Waals surface area contributed by atoms with Crippen molar-refractivity contribution in [2.45, 2.75) is 18.9 Å². The molecule has 3 N–H and O–H groups in total. The topological polar surface area (TPSA) is 38.0 Å². The molecule has 0 saturated carbocycles. The third-order valence-corrected chi connectivity index (χ3v) is 2.38. The number of nitrogens with two attached hydrogens (primary N) is 1. The molecule has 1 aliphatic heterocycles. The first-order valence-corrected chi connectivity index (χ1v) is 4.53. The summed E-state index contributed by atoms with van der Waals surface area (Å²) in [6.45, 7) is 0.831. The van der Waals surface area contributed by atoms with Crippen LogP contribution < -0.4 is 11.1 Å². The second-order valence-corrected chi connectivity index (χ2v) is 3.48. The molecule has 0 amide bonds. The molecule has 1 aromatic rings. The Morgan fingerprint density at radius 1 is 1.46 bits per heavy atom. The third-order valence-electron chi connectivity index (χ3n) is 2.38. The Morgan fingerprint density at radius 3 is 3.15 bits per heavy atom. The molecule has 2 rings (SSSR count). The van der Waals surface area contributed by atoms with Crippen molar-refractivity contribution in [2.75, 3.05) is 11.9 Å². The van der Waals surface area contributed by atoms with E-state index in [9.17, 15) is 4.39 Å². The molecule has 0 spiro atoms. The SMILES string of the molecule is NC1CCNc2cc(F)ccc2C1. The number of rotatable bonds is 0. The lowest BCUT2D eigenvalue weighted by molar-refractivity contribution is 0.625. The molecule has 0 saturated heterocycles. The van der Waals surface area contributed by atoms with Crippen molar-refractivity contribution >= 4 is 5.69 Å². The van der Waals surface area contributed by atoms with Gasteiger partial charge in [0.2, 0.25) is 0 Å². The molecular weight excluding hydrogens is 167 g/mol. The fraction of sp³-hybridized carbons (Fsp3) is 0.400. The van der Waals surface area contributed by atoms with E-state index in [1.165, 1.54) is 12.1 Å². The number of benzene rings is 1. The zero-order chi connectivity index (χ0) is 9.26. The largest absolute Gasteiger partial charge is 0.385 e. The van der Waals surface area contributed by atoms with Gasteiger partial charge in [0, 0.05) is 18.3 Å². The van der Waals surface area contributed by atoms with Crippen molar-refractivity contribution in [2.24, 2.45) is 5.73 Å². The predicted octanol–water partition coefficient (Wildman–Crippen LogP) is 1.51. The summed E-state index contributed by atoms with van der Waals surface area (Å²) in [6, 6.07) is 5.02. The van der Waals surface area contributed by atoms with Gasteiger partial charge in [-0.15, -0.1) is 0 Å². The van der Waals surface area contributed by atoms with Crippen molar-refractivity contribution in [1.82, 2.24) is 0 Å². The normalized spacial score (nSPS) is 21.5. The van der Waals surface area contributed by atoms with Gasteiger partial charge in [-0.25, -0.2) is 4.39 Å². The van der Waals surface area contributed by atoms with Gasteiger partial charge in [0.05, 0.1) is 0 Å². The van der Waals surface area contributed by atoms with E-state index in [-0.39, 0.29) is 11.9 Å². The molecular formula is C10H13FN2. The van der Waals surface area contributed by atoms with Crippen LogP contribution in [0.1, 0.15) is 12.0 Å². The zero-order valence-electron chi connectivity index (χ0n) is 7.39. The van der Waals surface area contributed by atoms with Gasteiger partial charge in [-0.2, -0.15) is 0 Å². The van der Waals surface area contributed by atoms with Gasteiger partial charge in [-0.3, -0.25) is 0 Å². The standard InChI is InChI=1S/C10H13FN2/c11-8-2-1-7-5-9(12)3-4-13-10(7)6-8/h1-2,6,9,13H,3-5,12H2. The summed E-state index contributed by atoms with van der Waals surface area (Å²) >= 11 is 0. The quantitative estimate of drug-likeness (QED) is 0.635. The maximum Gasteiger partial charge on any atom is 0.125 e. The molecule has 0 radical (unpaired) electrons. The first-order chi connectivity index (χ1) is 6.25. The van der Waals surface area contributed by atoms with E-state index >= 15 is 0 Å². The molecule has 0 aliphatic carbocycles. The number of fused-ring (bicyclic) bond motifs is 1. The molecule has 70 valence electrons. The molecule has 1 atom stereocenters. The van der Waals surface area contributed by atoms with Crippen LogP contribution in [0.3, 0.4) is 0 Å². The molecule has 2 nitrogen and oxygen atoms in total. The van der Waals surface area contributed by atoms with Gasteiger partial charge in [0.25, 0.3) is 0 Å². The minimum absolute atomic E-state index is 0.193. The Morgan fingerprint density at radius 2 is 2.31 bits per heavy atom. The fourth-order valence-electron chi connectivity index (χ4n) is 1.67. The van der Waals surface area contributed by atoms with E-state index < -0.39 is 0 Å². The van der Waals surface area contributed by atoms with Crippen LogP contribution in [0, 0.1) is 5.82 Å². The number of hydrogen-bond acceptors (Lipinski definition) is 2. The van der Waals surface area contributed by atoms with Gasteiger partial charge in [0.1, 0.15) is 5.82 Å². The van der Waals surface area contributed by atoms with Gasteiger partial charge >= 0.3 is 0 Å². The predicted molar refractivity (Wildman–Crippen MR) is 51.2 cm³/mol. The molecule has 0 aromatic heterocycles. The minimum Gasteiger partial charge on any atom is -0.385 e. The highest BCUT2D eigenvalue weighted by molar-refractivity contribution is 5.52. The molecule has 1 aliphatic rings. The average Bonchev–Trinajstić information content (AvgIpc) is 2.25. The molecule has 1 heterocycles. The molecule has 13 heavy (non-hydrogen) atoms. The summed E-state index contributed by atoms with van der Waals surface area (Å²) in [5.74, 6) is -0.193. The maximum atomic E-state index is 12.9. The van der Waals surface area contributed by atoms with Gasteiger partial charge < -0.3 is 11.1 Å². The molecule has 0 fully saturated rings. The average molecular weight is 180 g/mol. The summed E-state index contributed by atoms with van der Waals surface area (Å²) in [5.41, 5.74) is 7.87. The Hall–Kier alpha value is -1.09. The highest BCUT2D eigenvalue weighted by Crippen LogP contribution is 2.21. The number of anilines is 1. The number of halogens is 1. The summed E-state index contributed by atoms with van der Waals surface area (Å²) < 4.78 is 12.9. The van der Waals surface area contributed by atoms with Crippen molar-refractivity contribution in [3.8, 4) is 0 Å². The highest BCUT2D eigenvalue weighted by Gasteiger charge is 2.12. The van der Waals surface area contributed by atoms with Crippen LogP contribution in [0.2, 0.25) is 0 Å². The lowest BCUT2D eigenvalue weighted by atomic mass is 10.0. The lowest BCUT2D eigenvalue weighted by Gasteiger charge is -2.07. The fourth-order valence-corrected chi connectivity index (χ4v) is 1.67. The van der Waals surface area contributed by atoms with E-state index in [4.69, 9.17) is 5.73 Å².